The summed E-state index contributed by atoms with van der Waals surface area (Å²) < 4.78 is 0. The molecule has 1 aliphatic rings. The second-order valence-electron chi connectivity index (χ2n) is 7.56. The lowest BCUT2D eigenvalue weighted by atomic mass is 9.80. The molecule has 0 atom stereocenters. The second-order valence-corrected chi connectivity index (χ2v) is 7.56. The van der Waals surface area contributed by atoms with Gasteiger partial charge in [0.2, 0.25) is 0 Å². The Kier molecular flexibility index (Phi) is 3.56. The summed E-state index contributed by atoms with van der Waals surface area (Å²) in [5, 5.41) is 20.4. The van der Waals surface area contributed by atoms with E-state index in [0.717, 1.165) is 44.5 Å². The monoisotopic (exact) mass is 364 g/mol. The summed E-state index contributed by atoms with van der Waals surface area (Å²) in [6, 6.07) is 23.9. The van der Waals surface area contributed by atoms with E-state index in [1.54, 1.807) is 12.1 Å². The number of fused-ring (bicyclic) bond motifs is 8. The van der Waals surface area contributed by atoms with Gasteiger partial charge < -0.3 is 10.2 Å². The van der Waals surface area contributed by atoms with Crippen LogP contribution in [0.4, 0.5) is 0 Å². The lowest BCUT2D eigenvalue weighted by molar-refractivity contribution is 0.475. The predicted molar refractivity (Wildman–Crippen MR) is 115 cm³/mol. The molecular formula is C26H20O2. The number of phenolic OH excluding ortho intramolecular Hbond substituents is 2. The number of hydrogen-bond acceptors (Lipinski definition) is 2. The van der Waals surface area contributed by atoms with E-state index < -0.39 is 0 Å². The van der Waals surface area contributed by atoms with Crippen molar-refractivity contribution in [2.75, 3.05) is 0 Å². The van der Waals surface area contributed by atoms with Crippen LogP contribution in [0.25, 0.3) is 44.5 Å². The second kappa shape index (κ2) is 6.00. The number of hydrogen-bond donors (Lipinski definition) is 2. The third-order valence-electron chi connectivity index (χ3n) is 5.52. The van der Waals surface area contributed by atoms with Crippen LogP contribution in [0.3, 0.4) is 0 Å². The molecule has 4 aromatic carbocycles. The molecule has 0 aliphatic heterocycles. The predicted octanol–water partition coefficient (Wildman–Crippen LogP) is 6.70. The summed E-state index contributed by atoms with van der Waals surface area (Å²) in [7, 11) is 0. The molecule has 5 rings (SSSR count). The molecule has 136 valence electrons. The first kappa shape index (κ1) is 16.6. The van der Waals surface area contributed by atoms with E-state index in [4.69, 9.17) is 0 Å². The highest BCUT2D eigenvalue weighted by atomic mass is 16.3. The quantitative estimate of drug-likeness (QED) is 0.321. The summed E-state index contributed by atoms with van der Waals surface area (Å²) in [6.45, 7) is 4.19. The molecule has 0 radical (unpaired) electrons. The Labute approximate surface area is 164 Å². The van der Waals surface area contributed by atoms with Gasteiger partial charge in [0.25, 0.3) is 0 Å². The van der Waals surface area contributed by atoms with Gasteiger partial charge in [0.15, 0.2) is 0 Å². The maximum Gasteiger partial charge on any atom is 0.116 e. The van der Waals surface area contributed by atoms with Gasteiger partial charge in [-0.25, -0.2) is 0 Å². The maximum absolute atomic E-state index is 10.2. The van der Waals surface area contributed by atoms with Crippen molar-refractivity contribution in [3.8, 4) is 56.0 Å². The molecule has 2 N–H and O–H groups in total. The average Bonchev–Trinajstić information content (AvgIpc) is 2.67. The van der Waals surface area contributed by atoms with Crippen molar-refractivity contribution in [3.63, 3.8) is 0 Å². The third-order valence-corrected chi connectivity index (χ3v) is 5.52. The molecule has 28 heavy (non-hydrogen) atoms. The van der Waals surface area contributed by atoms with Crippen molar-refractivity contribution in [3.05, 3.63) is 83.9 Å². The van der Waals surface area contributed by atoms with Crippen LogP contribution in [0.5, 0.6) is 11.5 Å². The van der Waals surface area contributed by atoms with Crippen LogP contribution in [-0.2, 0) is 0 Å². The van der Waals surface area contributed by atoms with Gasteiger partial charge in [-0.3, -0.25) is 0 Å². The van der Waals surface area contributed by atoms with Crippen molar-refractivity contribution < 1.29 is 10.2 Å². The Bertz CT molecular complexity index is 1150. The molecule has 0 bridgehead atoms. The molecule has 1 aliphatic carbocycles. The molecule has 0 fully saturated rings. The van der Waals surface area contributed by atoms with Crippen molar-refractivity contribution in [1.29, 1.82) is 0 Å². The molecule has 0 heterocycles. The fourth-order valence-corrected chi connectivity index (χ4v) is 4.21. The molecule has 0 saturated carbocycles. The van der Waals surface area contributed by atoms with Crippen molar-refractivity contribution >= 4 is 0 Å². The van der Waals surface area contributed by atoms with Crippen LogP contribution in [0.2, 0.25) is 0 Å². The van der Waals surface area contributed by atoms with Crippen LogP contribution in [-0.4, -0.2) is 10.2 Å². The normalized spacial score (nSPS) is 11.5. The summed E-state index contributed by atoms with van der Waals surface area (Å²) in [5.41, 5.74) is 10.9. The van der Waals surface area contributed by atoms with Gasteiger partial charge in [-0.05, 0) is 82.6 Å². The van der Waals surface area contributed by atoms with E-state index in [1.807, 2.05) is 24.3 Å². The van der Waals surface area contributed by atoms with Gasteiger partial charge in [0.1, 0.15) is 11.5 Å². The molecule has 0 aromatic heterocycles. The zero-order chi connectivity index (χ0) is 19.4. The zero-order valence-electron chi connectivity index (χ0n) is 15.8. The number of aryl methyl sites for hydroxylation is 2. The van der Waals surface area contributed by atoms with Gasteiger partial charge in [-0.1, -0.05) is 59.7 Å². The molecule has 4 aromatic rings. The minimum absolute atomic E-state index is 0.246. The first-order valence-corrected chi connectivity index (χ1v) is 9.40. The van der Waals surface area contributed by atoms with Crippen LogP contribution in [0.1, 0.15) is 11.1 Å². The highest BCUT2D eigenvalue weighted by Crippen LogP contribution is 2.49. The van der Waals surface area contributed by atoms with Crippen LogP contribution in [0.15, 0.2) is 72.8 Å². The van der Waals surface area contributed by atoms with Crippen molar-refractivity contribution in [2.45, 2.75) is 13.8 Å². The van der Waals surface area contributed by atoms with Gasteiger partial charge in [-0.2, -0.15) is 0 Å². The molecule has 0 saturated heterocycles. The minimum atomic E-state index is 0.246. The standard InChI is InChI=1S/C26H20O2/c1-15-3-7-21-23(11-15)24-12-16(2)4-8-22(24)26-14-18(28)6-10-20(26)19-9-5-17(27)13-25(19)21/h3-14,27-28H,1-2H3. The largest absolute Gasteiger partial charge is 0.508 e. The topological polar surface area (TPSA) is 40.5 Å². The Morgan fingerprint density at radius 2 is 0.714 bits per heavy atom. The number of aromatic hydroxyl groups is 2. The first-order chi connectivity index (χ1) is 13.5. The molecule has 0 amide bonds. The molecule has 2 nitrogen and oxygen atoms in total. The lowest BCUT2D eigenvalue weighted by Crippen LogP contribution is -1.98. The van der Waals surface area contributed by atoms with Crippen LogP contribution < -0.4 is 0 Å². The average molecular weight is 364 g/mol. The Morgan fingerprint density at radius 1 is 0.393 bits per heavy atom. The van der Waals surface area contributed by atoms with E-state index in [1.165, 1.54) is 11.1 Å². The number of benzene rings is 4. The van der Waals surface area contributed by atoms with E-state index >= 15 is 0 Å². The summed E-state index contributed by atoms with van der Waals surface area (Å²) >= 11 is 0. The smallest absolute Gasteiger partial charge is 0.116 e. The van der Waals surface area contributed by atoms with Crippen LogP contribution in [0, 0.1) is 13.8 Å². The highest BCUT2D eigenvalue weighted by molar-refractivity contribution is 6.03. The summed E-state index contributed by atoms with van der Waals surface area (Å²) in [4.78, 5) is 0. The van der Waals surface area contributed by atoms with E-state index in [2.05, 4.69) is 50.2 Å². The summed E-state index contributed by atoms with van der Waals surface area (Å²) in [6.07, 6.45) is 0. The van der Waals surface area contributed by atoms with Gasteiger partial charge in [-0.15, -0.1) is 0 Å². The van der Waals surface area contributed by atoms with Gasteiger partial charge >= 0.3 is 0 Å². The maximum atomic E-state index is 10.2. The summed E-state index contributed by atoms with van der Waals surface area (Å²) in [5.74, 6) is 0.492. The fraction of sp³-hybridized carbons (Fsp3) is 0.0769. The van der Waals surface area contributed by atoms with Crippen molar-refractivity contribution in [2.24, 2.45) is 0 Å². The number of phenols is 2. The van der Waals surface area contributed by atoms with E-state index in [0.29, 0.717) is 0 Å². The first-order valence-electron chi connectivity index (χ1n) is 9.40. The highest BCUT2D eigenvalue weighted by Gasteiger charge is 2.22. The van der Waals surface area contributed by atoms with Gasteiger partial charge in [0, 0.05) is 0 Å². The fourth-order valence-electron chi connectivity index (χ4n) is 4.21. The van der Waals surface area contributed by atoms with E-state index in [-0.39, 0.29) is 11.5 Å². The van der Waals surface area contributed by atoms with Gasteiger partial charge in [0.05, 0.1) is 0 Å². The third kappa shape index (κ3) is 2.49. The molecule has 0 spiro atoms. The number of rotatable bonds is 0. The Hall–Kier alpha value is -3.52. The Morgan fingerprint density at radius 3 is 1.14 bits per heavy atom. The lowest BCUT2D eigenvalue weighted by Gasteiger charge is -2.24. The molecule has 0 unspecified atom stereocenters. The zero-order valence-corrected chi connectivity index (χ0v) is 15.8. The van der Waals surface area contributed by atoms with E-state index in [9.17, 15) is 10.2 Å². The molecule has 2 heteroatoms. The minimum Gasteiger partial charge on any atom is -0.508 e. The van der Waals surface area contributed by atoms with Crippen molar-refractivity contribution in [1.82, 2.24) is 0 Å². The Balaban J connectivity index is 2.01. The molecular weight excluding hydrogens is 344 g/mol. The van der Waals surface area contributed by atoms with Crippen LogP contribution >= 0.6 is 0 Å². The SMILES string of the molecule is Cc1ccc2c(c1)-c1cc(C)ccc1-c1cc(O)ccc1-c1ccc(O)cc1-2.